The monoisotopic (exact) mass is 383 g/mol. The predicted octanol–water partition coefficient (Wildman–Crippen LogP) is 4.51. The molecule has 1 atom stereocenters. The van der Waals surface area contributed by atoms with E-state index < -0.39 is 0 Å². The molecule has 0 spiro atoms. The fourth-order valence-corrected chi connectivity index (χ4v) is 4.32. The molecule has 1 N–H and O–H groups in total. The molecule has 0 aliphatic carbocycles. The number of fused-ring (bicyclic) bond motifs is 1. The summed E-state index contributed by atoms with van der Waals surface area (Å²) in [4.78, 5) is 23.0. The highest BCUT2D eigenvalue weighted by molar-refractivity contribution is 7.20. The number of ether oxygens (including phenoxy) is 1. The quantitative estimate of drug-likeness (QED) is 0.610. The smallest absolute Gasteiger partial charge is 0.261 e. The van der Waals surface area contributed by atoms with Crippen molar-refractivity contribution in [2.24, 2.45) is 0 Å². The Kier molecular flexibility index (Phi) is 6.19. The minimum Gasteiger partial charge on any atom is -0.374 e. The molecule has 0 aliphatic rings. The molecular weight excluding hydrogens is 358 g/mol. The lowest BCUT2D eigenvalue weighted by molar-refractivity contribution is 0.0635. The first kappa shape index (κ1) is 19.5. The third kappa shape index (κ3) is 4.51. The van der Waals surface area contributed by atoms with E-state index in [4.69, 9.17) is 4.74 Å². The number of carbonyl (C=O) groups excluding carboxylic acids is 1. The number of hydrogen-bond donors (Lipinski definition) is 1. The number of aromatic nitrogens is 2. The average Bonchev–Trinajstić information content (AvgIpc) is 2.98. The van der Waals surface area contributed by atoms with Crippen LogP contribution in [0.2, 0.25) is 0 Å². The van der Waals surface area contributed by atoms with E-state index in [1.54, 1.807) is 0 Å². The highest BCUT2D eigenvalue weighted by Crippen LogP contribution is 2.31. The lowest BCUT2D eigenvalue weighted by atomic mass is 10.1. The van der Waals surface area contributed by atoms with Gasteiger partial charge in [0, 0.05) is 24.2 Å². The number of aryl methyl sites for hydroxylation is 3. The Labute approximate surface area is 163 Å². The third-order valence-corrected chi connectivity index (χ3v) is 5.72. The number of carbonyl (C=O) groups is 1. The third-order valence-electron chi connectivity index (χ3n) is 4.53. The zero-order chi connectivity index (χ0) is 19.4. The van der Waals surface area contributed by atoms with Gasteiger partial charge in [0.2, 0.25) is 0 Å². The normalized spacial score (nSPS) is 12.3. The van der Waals surface area contributed by atoms with Crippen molar-refractivity contribution in [3.05, 3.63) is 57.9 Å². The molecule has 27 heavy (non-hydrogen) atoms. The van der Waals surface area contributed by atoms with E-state index in [9.17, 15) is 4.79 Å². The Hall–Kier alpha value is -2.31. The van der Waals surface area contributed by atoms with Crippen molar-refractivity contribution in [3.8, 4) is 0 Å². The zero-order valence-electron chi connectivity index (χ0n) is 16.2. The molecule has 3 aromatic rings. The summed E-state index contributed by atoms with van der Waals surface area (Å²) in [5.41, 5.74) is 3.04. The van der Waals surface area contributed by atoms with Crippen molar-refractivity contribution in [1.29, 1.82) is 0 Å². The van der Waals surface area contributed by atoms with Crippen molar-refractivity contribution < 1.29 is 9.53 Å². The molecule has 1 aromatic carbocycles. The van der Waals surface area contributed by atoms with Gasteiger partial charge in [-0.25, -0.2) is 9.97 Å². The molecule has 0 saturated carbocycles. The summed E-state index contributed by atoms with van der Waals surface area (Å²) in [7, 11) is 0. The number of amides is 1. The van der Waals surface area contributed by atoms with E-state index in [2.05, 4.69) is 27.4 Å². The summed E-state index contributed by atoms with van der Waals surface area (Å²) in [6.45, 7) is 9.02. The van der Waals surface area contributed by atoms with E-state index in [-0.39, 0.29) is 12.0 Å². The molecule has 0 bridgehead atoms. The summed E-state index contributed by atoms with van der Waals surface area (Å²) in [5.74, 6) is 0.682. The van der Waals surface area contributed by atoms with Crippen LogP contribution in [-0.4, -0.2) is 29.0 Å². The molecule has 2 aromatic heterocycles. The second-order valence-electron chi connectivity index (χ2n) is 6.63. The average molecular weight is 384 g/mol. The topological polar surface area (TPSA) is 64.1 Å². The van der Waals surface area contributed by atoms with Gasteiger partial charge in [0.15, 0.2) is 0 Å². The summed E-state index contributed by atoms with van der Waals surface area (Å²) >= 11 is 1.43. The maximum atomic E-state index is 12.6. The molecule has 0 aliphatic heterocycles. The molecule has 0 fully saturated rings. The molecule has 1 unspecified atom stereocenters. The van der Waals surface area contributed by atoms with Crippen LogP contribution in [-0.2, 0) is 4.74 Å². The summed E-state index contributed by atoms with van der Waals surface area (Å²) in [6, 6.07) is 10.1. The van der Waals surface area contributed by atoms with Crippen LogP contribution in [0.4, 0.5) is 0 Å². The van der Waals surface area contributed by atoms with Crippen LogP contribution < -0.4 is 5.32 Å². The fourth-order valence-electron chi connectivity index (χ4n) is 3.12. The molecule has 6 heteroatoms. The molecule has 142 valence electrons. The number of nitrogens with zero attached hydrogens (tertiary/aromatic N) is 2. The Morgan fingerprint density at radius 1 is 1.19 bits per heavy atom. The second-order valence-corrected chi connectivity index (χ2v) is 7.62. The second kappa shape index (κ2) is 8.59. The Bertz CT molecular complexity index is 937. The minimum atomic E-state index is -0.0522. The van der Waals surface area contributed by atoms with Crippen LogP contribution in [0, 0.1) is 20.8 Å². The van der Waals surface area contributed by atoms with Gasteiger partial charge in [-0.3, -0.25) is 4.79 Å². The maximum absolute atomic E-state index is 12.6. The zero-order valence-corrected chi connectivity index (χ0v) is 17.0. The van der Waals surface area contributed by atoms with Crippen LogP contribution >= 0.6 is 11.3 Å². The van der Waals surface area contributed by atoms with Gasteiger partial charge in [-0.05, 0) is 45.2 Å². The van der Waals surface area contributed by atoms with Gasteiger partial charge in [-0.1, -0.05) is 30.3 Å². The van der Waals surface area contributed by atoms with Crippen molar-refractivity contribution >= 4 is 27.5 Å². The summed E-state index contributed by atoms with van der Waals surface area (Å²) in [5, 5.41) is 3.99. The van der Waals surface area contributed by atoms with Crippen molar-refractivity contribution in [1.82, 2.24) is 15.3 Å². The van der Waals surface area contributed by atoms with E-state index >= 15 is 0 Å². The van der Waals surface area contributed by atoms with Gasteiger partial charge >= 0.3 is 0 Å². The Balaban J connectivity index is 1.52. The molecule has 5 nitrogen and oxygen atoms in total. The van der Waals surface area contributed by atoms with Gasteiger partial charge < -0.3 is 10.1 Å². The van der Waals surface area contributed by atoms with Crippen molar-refractivity contribution in [3.63, 3.8) is 0 Å². The van der Waals surface area contributed by atoms with E-state index in [0.717, 1.165) is 39.3 Å². The number of rotatable bonds is 7. The Morgan fingerprint density at radius 2 is 1.93 bits per heavy atom. The van der Waals surface area contributed by atoms with Gasteiger partial charge in [0.25, 0.3) is 5.91 Å². The van der Waals surface area contributed by atoms with Gasteiger partial charge in [-0.2, -0.15) is 0 Å². The first-order valence-electron chi connectivity index (χ1n) is 9.16. The molecule has 1 amide bonds. The van der Waals surface area contributed by atoms with Crippen LogP contribution in [0.15, 0.2) is 30.3 Å². The maximum Gasteiger partial charge on any atom is 0.261 e. The number of thiophene rings is 1. The van der Waals surface area contributed by atoms with E-state index in [0.29, 0.717) is 18.0 Å². The minimum absolute atomic E-state index is 0.0522. The lowest BCUT2D eigenvalue weighted by Crippen LogP contribution is -2.25. The Morgan fingerprint density at radius 3 is 2.67 bits per heavy atom. The molecule has 0 saturated heterocycles. The van der Waals surface area contributed by atoms with Gasteiger partial charge in [0.1, 0.15) is 10.7 Å². The SMILES string of the molecule is Cc1nc(C)c2c(C)c(C(=O)NCCCOC(C)c3ccccc3)sc2n1. The lowest BCUT2D eigenvalue weighted by Gasteiger charge is -2.13. The summed E-state index contributed by atoms with van der Waals surface area (Å²) in [6.07, 6.45) is 0.821. The van der Waals surface area contributed by atoms with Crippen LogP contribution in [0.5, 0.6) is 0 Å². The number of hydrogen-bond acceptors (Lipinski definition) is 5. The highest BCUT2D eigenvalue weighted by atomic mass is 32.1. The highest BCUT2D eigenvalue weighted by Gasteiger charge is 2.18. The first-order valence-corrected chi connectivity index (χ1v) is 9.98. The van der Waals surface area contributed by atoms with Crippen LogP contribution in [0.3, 0.4) is 0 Å². The van der Waals surface area contributed by atoms with Gasteiger partial charge in [-0.15, -0.1) is 11.3 Å². The van der Waals surface area contributed by atoms with Crippen LogP contribution in [0.25, 0.3) is 10.2 Å². The summed E-state index contributed by atoms with van der Waals surface area (Å²) < 4.78 is 5.85. The fraction of sp³-hybridized carbons (Fsp3) is 0.381. The van der Waals surface area contributed by atoms with Gasteiger partial charge in [0.05, 0.1) is 11.0 Å². The van der Waals surface area contributed by atoms with Crippen molar-refractivity contribution in [2.45, 2.75) is 40.2 Å². The number of nitrogens with one attached hydrogen (secondary N) is 1. The molecule has 2 heterocycles. The molecular formula is C21H25N3O2S. The number of benzene rings is 1. The standard InChI is InChI=1S/C21H25N3O2S/c1-13-18-14(2)23-16(4)24-21(18)27-19(13)20(25)22-11-8-12-26-15(3)17-9-6-5-7-10-17/h5-7,9-10,15H,8,11-12H2,1-4H3,(H,22,25). The van der Waals surface area contributed by atoms with E-state index in [1.807, 2.05) is 45.9 Å². The van der Waals surface area contributed by atoms with Crippen molar-refractivity contribution in [2.75, 3.05) is 13.2 Å². The van der Waals surface area contributed by atoms with Crippen LogP contribution in [0.1, 0.15) is 51.8 Å². The first-order chi connectivity index (χ1) is 13.0. The molecule has 0 radical (unpaired) electrons. The molecule has 3 rings (SSSR count). The largest absolute Gasteiger partial charge is 0.374 e. The van der Waals surface area contributed by atoms with E-state index in [1.165, 1.54) is 11.3 Å². The predicted molar refractivity (Wildman–Crippen MR) is 109 cm³/mol.